The van der Waals surface area contributed by atoms with Crippen molar-refractivity contribution in [2.45, 2.75) is 45.2 Å². The molecule has 11 heteroatoms. The fourth-order valence-electron chi connectivity index (χ4n) is 3.24. The lowest BCUT2D eigenvalue weighted by atomic mass is 10.0. The normalized spacial score (nSPS) is 11.0. The van der Waals surface area contributed by atoms with E-state index in [0.29, 0.717) is 37.3 Å². The number of carbonyl (C=O) groups excluding carboxylic acids is 3. The minimum Gasteiger partial charge on any atom is -0.507 e. The quantitative estimate of drug-likeness (QED) is 0.182. The number of Topliss-reactive ketones (excluding diaryl/α,β-unsaturated/α-hetero) is 1. The van der Waals surface area contributed by atoms with E-state index in [2.05, 4.69) is 10.1 Å². The molecule has 0 aliphatic heterocycles. The Morgan fingerprint density at radius 2 is 1.69 bits per heavy atom. The number of methoxy groups -OCH3 is 1. The van der Waals surface area contributed by atoms with E-state index < -0.39 is 42.4 Å². The average molecular weight is 511 g/mol. The Morgan fingerprint density at radius 1 is 1.00 bits per heavy atom. The van der Waals surface area contributed by atoms with Crippen LogP contribution in [-0.4, -0.2) is 49.3 Å². The maximum Gasteiger partial charge on any atom is 0.396 e. The molecule has 2 aromatic rings. The highest BCUT2D eigenvalue weighted by atomic mass is 19.4. The van der Waals surface area contributed by atoms with Crippen LogP contribution in [0.1, 0.15) is 48.5 Å². The van der Waals surface area contributed by atoms with Crippen molar-refractivity contribution in [2.75, 3.05) is 25.6 Å². The summed E-state index contributed by atoms with van der Waals surface area (Å²) < 4.78 is 53.7. The van der Waals surface area contributed by atoms with E-state index in [1.54, 1.807) is 24.3 Å². The average Bonchev–Trinajstić information content (AvgIpc) is 2.81. The molecule has 0 aromatic heterocycles. The first kappa shape index (κ1) is 28.5. The summed E-state index contributed by atoms with van der Waals surface area (Å²) in [5, 5.41) is 12.7. The number of aromatic hydroxyl groups is 1. The second-order valence-corrected chi connectivity index (χ2v) is 7.84. The van der Waals surface area contributed by atoms with Gasteiger partial charge in [-0.3, -0.25) is 9.59 Å². The fraction of sp³-hybridized carbons (Fsp3) is 0.400. The van der Waals surface area contributed by atoms with E-state index >= 15 is 0 Å². The van der Waals surface area contributed by atoms with Crippen molar-refractivity contribution in [2.24, 2.45) is 0 Å². The molecule has 0 fully saturated rings. The first-order valence-electron chi connectivity index (χ1n) is 11.2. The van der Waals surface area contributed by atoms with Crippen molar-refractivity contribution in [1.29, 1.82) is 0 Å². The Bertz CT molecular complexity index is 1070. The third-order valence-corrected chi connectivity index (χ3v) is 5.06. The molecule has 2 N–H and O–H groups in total. The topological polar surface area (TPSA) is 111 Å². The summed E-state index contributed by atoms with van der Waals surface area (Å²) in [4.78, 5) is 34.4. The molecule has 0 bridgehead atoms. The van der Waals surface area contributed by atoms with Gasteiger partial charge in [-0.2, -0.15) is 13.2 Å². The molecule has 196 valence electrons. The molecule has 0 saturated heterocycles. The third-order valence-electron chi connectivity index (χ3n) is 5.06. The largest absolute Gasteiger partial charge is 0.507 e. The summed E-state index contributed by atoms with van der Waals surface area (Å²) >= 11 is 0. The molecule has 36 heavy (non-hydrogen) atoms. The van der Waals surface area contributed by atoms with Gasteiger partial charge in [-0.25, -0.2) is 4.79 Å². The van der Waals surface area contributed by atoms with E-state index in [1.807, 2.05) is 0 Å². The second-order valence-electron chi connectivity index (χ2n) is 7.84. The predicted molar refractivity (Wildman–Crippen MR) is 124 cm³/mol. The molecular formula is C25H28F3NO7. The van der Waals surface area contributed by atoms with Crippen LogP contribution in [0, 0.1) is 0 Å². The summed E-state index contributed by atoms with van der Waals surface area (Å²) in [6.07, 6.45) is -4.15. The van der Waals surface area contributed by atoms with Gasteiger partial charge in [-0.15, -0.1) is 0 Å². The van der Waals surface area contributed by atoms with Gasteiger partial charge >= 0.3 is 18.1 Å². The van der Waals surface area contributed by atoms with E-state index in [9.17, 15) is 32.7 Å². The number of ketones is 1. The number of nitrogens with one attached hydrogen (secondary N) is 1. The van der Waals surface area contributed by atoms with Gasteiger partial charge in [0.1, 0.15) is 17.2 Å². The first-order valence-corrected chi connectivity index (χ1v) is 11.2. The number of hydrogen-bond acceptors (Lipinski definition) is 7. The number of benzene rings is 2. The highest BCUT2D eigenvalue weighted by Gasteiger charge is 2.28. The van der Waals surface area contributed by atoms with Crippen LogP contribution in [0.4, 0.5) is 18.9 Å². The molecule has 0 spiro atoms. The van der Waals surface area contributed by atoms with Gasteiger partial charge in [0, 0.05) is 23.7 Å². The van der Waals surface area contributed by atoms with E-state index in [1.165, 1.54) is 19.1 Å². The van der Waals surface area contributed by atoms with Crippen molar-refractivity contribution in [3.05, 3.63) is 47.5 Å². The van der Waals surface area contributed by atoms with Gasteiger partial charge in [0.25, 0.3) is 0 Å². The van der Waals surface area contributed by atoms with E-state index in [-0.39, 0.29) is 23.5 Å². The zero-order valence-corrected chi connectivity index (χ0v) is 19.9. The van der Waals surface area contributed by atoms with Crippen LogP contribution in [0.2, 0.25) is 0 Å². The molecule has 0 aliphatic rings. The molecule has 0 aliphatic carbocycles. The van der Waals surface area contributed by atoms with Crippen LogP contribution in [0.25, 0.3) is 0 Å². The highest BCUT2D eigenvalue weighted by molar-refractivity contribution is 6.37. The van der Waals surface area contributed by atoms with E-state index in [0.717, 1.165) is 7.11 Å². The van der Waals surface area contributed by atoms with Crippen LogP contribution in [0.3, 0.4) is 0 Å². The van der Waals surface area contributed by atoms with Gasteiger partial charge in [0.05, 0.1) is 25.9 Å². The van der Waals surface area contributed by atoms with Crippen LogP contribution in [0.15, 0.2) is 36.4 Å². The SMILES string of the molecule is COC(=O)C(=O)Nc1cccc(OCCCCCOc2ccc(C(C)=O)c(O)c2CCC(F)(F)F)c1. The monoisotopic (exact) mass is 511 g/mol. The number of carbonyl (C=O) groups is 3. The molecule has 0 unspecified atom stereocenters. The molecule has 0 radical (unpaired) electrons. The minimum absolute atomic E-state index is 0.0393. The lowest BCUT2D eigenvalue weighted by Crippen LogP contribution is -2.23. The summed E-state index contributed by atoms with van der Waals surface area (Å²) in [6, 6.07) is 9.23. The summed E-state index contributed by atoms with van der Waals surface area (Å²) in [5.41, 5.74) is 0.282. The minimum atomic E-state index is -4.41. The Morgan fingerprint density at radius 3 is 2.33 bits per heavy atom. The number of rotatable bonds is 12. The predicted octanol–water partition coefficient (Wildman–Crippen LogP) is 4.83. The van der Waals surface area contributed by atoms with Gasteiger partial charge in [-0.1, -0.05) is 6.07 Å². The lowest BCUT2D eigenvalue weighted by molar-refractivity contribution is -0.150. The van der Waals surface area contributed by atoms with E-state index in [4.69, 9.17) is 9.47 Å². The summed E-state index contributed by atoms with van der Waals surface area (Å²) in [6.45, 7) is 1.78. The Hall–Kier alpha value is -3.76. The smallest absolute Gasteiger partial charge is 0.396 e. The number of phenols is 1. The van der Waals surface area contributed by atoms with Crippen molar-refractivity contribution in [3.8, 4) is 17.2 Å². The molecule has 2 rings (SSSR count). The van der Waals surface area contributed by atoms with Gasteiger partial charge in [-0.05, 0) is 56.9 Å². The lowest BCUT2D eigenvalue weighted by Gasteiger charge is -2.16. The molecule has 2 aromatic carbocycles. The zero-order valence-electron chi connectivity index (χ0n) is 19.9. The van der Waals surface area contributed by atoms with Crippen molar-refractivity contribution in [1.82, 2.24) is 0 Å². The highest BCUT2D eigenvalue weighted by Crippen LogP contribution is 2.35. The van der Waals surface area contributed by atoms with Crippen LogP contribution in [-0.2, 0) is 20.7 Å². The zero-order chi connectivity index (χ0) is 26.7. The Kier molecular flexibility index (Phi) is 10.6. The van der Waals surface area contributed by atoms with Crippen molar-refractivity contribution < 1.29 is 46.9 Å². The van der Waals surface area contributed by atoms with Crippen molar-refractivity contribution >= 4 is 23.3 Å². The number of phenolic OH excluding ortho intramolecular Hbond substituents is 1. The summed E-state index contributed by atoms with van der Waals surface area (Å²) in [7, 11) is 1.10. The van der Waals surface area contributed by atoms with Crippen LogP contribution >= 0.6 is 0 Å². The molecule has 8 nitrogen and oxygen atoms in total. The number of halogens is 3. The fourth-order valence-corrected chi connectivity index (χ4v) is 3.24. The maximum absolute atomic E-state index is 12.7. The molecular weight excluding hydrogens is 483 g/mol. The van der Waals surface area contributed by atoms with Crippen LogP contribution < -0.4 is 14.8 Å². The van der Waals surface area contributed by atoms with Gasteiger partial charge in [0.2, 0.25) is 0 Å². The van der Waals surface area contributed by atoms with Crippen LogP contribution in [0.5, 0.6) is 17.2 Å². The number of unbranched alkanes of at least 4 members (excludes halogenated alkanes) is 2. The van der Waals surface area contributed by atoms with Crippen molar-refractivity contribution in [3.63, 3.8) is 0 Å². The Balaban J connectivity index is 1.81. The summed E-state index contributed by atoms with van der Waals surface area (Å²) in [5.74, 6) is -2.25. The maximum atomic E-state index is 12.7. The standard InChI is InChI=1S/C25H28F3NO7/c1-16(30)19-9-10-21(20(22(19)31)11-12-25(26,27)28)36-14-5-3-4-13-35-18-8-6-7-17(15-18)29-23(32)24(33)34-2/h6-10,15,31H,3-5,11-14H2,1-2H3,(H,29,32). The molecule has 1 amide bonds. The van der Waals surface area contributed by atoms with Gasteiger partial charge < -0.3 is 24.6 Å². The number of esters is 1. The first-order chi connectivity index (χ1) is 17.0. The number of hydrogen-bond donors (Lipinski definition) is 2. The number of amides is 1. The van der Waals surface area contributed by atoms with Gasteiger partial charge in [0.15, 0.2) is 5.78 Å². The second kappa shape index (κ2) is 13.4. The number of ether oxygens (including phenoxy) is 3. The molecule has 0 atom stereocenters. The Labute approximate surface area is 206 Å². The molecule has 0 heterocycles. The number of alkyl halides is 3. The molecule has 0 saturated carbocycles. The number of anilines is 1. The third kappa shape index (κ3) is 9.12.